The number of amides is 1. The molecule has 2 N–H and O–H groups in total. The second-order valence-electron chi connectivity index (χ2n) is 4.75. The van der Waals surface area contributed by atoms with E-state index in [4.69, 9.17) is 4.42 Å². The molecule has 0 spiro atoms. The van der Waals surface area contributed by atoms with E-state index in [1.807, 2.05) is 0 Å². The van der Waals surface area contributed by atoms with Gasteiger partial charge in [0.2, 0.25) is 0 Å². The minimum absolute atomic E-state index is 0.208. The van der Waals surface area contributed by atoms with Gasteiger partial charge in [-0.25, -0.2) is 4.79 Å². The second kappa shape index (κ2) is 5.31. The number of hydrogen-bond donors (Lipinski definition) is 2. The van der Waals surface area contributed by atoms with Crippen molar-refractivity contribution in [2.24, 2.45) is 0 Å². The first-order valence-corrected chi connectivity index (χ1v) is 6.44. The third-order valence-electron chi connectivity index (χ3n) is 3.15. The number of fused-ring (bicyclic) bond motifs is 1. The van der Waals surface area contributed by atoms with Gasteiger partial charge < -0.3 is 9.73 Å². The summed E-state index contributed by atoms with van der Waals surface area (Å²) in [6, 6.07) is 8.42. The fourth-order valence-corrected chi connectivity index (χ4v) is 2.03. The summed E-state index contributed by atoms with van der Waals surface area (Å²) in [5.74, 6) is -1.17. The highest BCUT2D eigenvalue weighted by atomic mass is 19.4. The van der Waals surface area contributed by atoms with Crippen molar-refractivity contribution in [1.29, 1.82) is 0 Å². The van der Waals surface area contributed by atoms with Crippen LogP contribution in [0.2, 0.25) is 0 Å². The Hall–Kier alpha value is -3.03. The van der Waals surface area contributed by atoms with Gasteiger partial charge in [-0.1, -0.05) is 0 Å². The molecular formula is C15H9F3N2O3. The van der Waals surface area contributed by atoms with Crippen LogP contribution in [-0.4, -0.2) is 10.9 Å². The van der Waals surface area contributed by atoms with E-state index >= 15 is 0 Å². The van der Waals surface area contributed by atoms with Crippen LogP contribution in [0.4, 0.5) is 18.9 Å². The van der Waals surface area contributed by atoms with Crippen molar-refractivity contribution in [2.45, 2.75) is 6.18 Å². The molecule has 0 fully saturated rings. The fraction of sp³-hybridized carbons (Fsp3) is 0.0667. The van der Waals surface area contributed by atoms with Crippen LogP contribution in [0.3, 0.4) is 0 Å². The minimum atomic E-state index is -4.43. The number of anilines is 1. The summed E-state index contributed by atoms with van der Waals surface area (Å²) >= 11 is 0. The normalized spacial score (nSPS) is 11.6. The number of carbonyl (C=O) groups is 1. The van der Waals surface area contributed by atoms with E-state index in [9.17, 15) is 22.8 Å². The van der Waals surface area contributed by atoms with Gasteiger partial charge in [0.1, 0.15) is 0 Å². The SMILES string of the molecule is O=C(Nc1ccc(C(F)(F)F)cc1)c1ccc2[nH]c(=O)oc2c1. The highest BCUT2D eigenvalue weighted by Crippen LogP contribution is 2.29. The van der Waals surface area contributed by atoms with E-state index in [1.165, 1.54) is 18.2 Å². The van der Waals surface area contributed by atoms with Crippen LogP contribution in [0, 0.1) is 0 Å². The first-order chi connectivity index (χ1) is 10.8. The molecular weight excluding hydrogens is 313 g/mol. The molecule has 118 valence electrons. The quantitative estimate of drug-likeness (QED) is 0.759. The molecule has 0 atom stereocenters. The zero-order valence-corrected chi connectivity index (χ0v) is 11.4. The van der Waals surface area contributed by atoms with Gasteiger partial charge in [-0.3, -0.25) is 9.78 Å². The van der Waals surface area contributed by atoms with Gasteiger partial charge in [-0.2, -0.15) is 13.2 Å². The molecule has 1 amide bonds. The van der Waals surface area contributed by atoms with Crippen LogP contribution >= 0.6 is 0 Å². The van der Waals surface area contributed by atoms with Gasteiger partial charge in [0.15, 0.2) is 5.58 Å². The number of aromatic amines is 1. The molecule has 0 saturated carbocycles. The Bertz CT molecular complexity index is 924. The molecule has 8 heteroatoms. The first kappa shape index (κ1) is 14.9. The lowest BCUT2D eigenvalue weighted by Crippen LogP contribution is -2.12. The number of hydrogen-bond acceptors (Lipinski definition) is 3. The van der Waals surface area contributed by atoms with Crippen molar-refractivity contribution in [3.63, 3.8) is 0 Å². The average molecular weight is 322 g/mol. The Morgan fingerprint density at radius 1 is 1.09 bits per heavy atom. The molecule has 1 aromatic heterocycles. The number of nitrogens with one attached hydrogen (secondary N) is 2. The number of halogens is 3. The van der Waals surface area contributed by atoms with Gasteiger partial charge >= 0.3 is 11.9 Å². The largest absolute Gasteiger partial charge is 0.417 e. The molecule has 5 nitrogen and oxygen atoms in total. The predicted molar refractivity (Wildman–Crippen MR) is 76.2 cm³/mol. The van der Waals surface area contributed by atoms with Crippen molar-refractivity contribution >= 4 is 22.7 Å². The van der Waals surface area contributed by atoms with Gasteiger partial charge in [0.25, 0.3) is 5.91 Å². The van der Waals surface area contributed by atoms with Crippen molar-refractivity contribution < 1.29 is 22.4 Å². The molecule has 3 rings (SSSR count). The summed E-state index contributed by atoms with van der Waals surface area (Å²) in [5, 5.41) is 2.47. The summed E-state index contributed by atoms with van der Waals surface area (Å²) in [6.07, 6.45) is -4.43. The van der Waals surface area contributed by atoms with Gasteiger partial charge in [-0.15, -0.1) is 0 Å². The predicted octanol–water partition coefficient (Wildman–Crippen LogP) is 3.39. The van der Waals surface area contributed by atoms with Gasteiger partial charge in [0, 0.05) is 11.3 Å². The third kappa shape index (κ3) is 3.10. The maximum atomic E-state index is 12.5. The van der Waals surface area contributed by atoms with E-state index in [0.29, 0.717) is 5.52 Å². The number of aromatic nitrogens is 1. The average Bonchev–Trinajstić information content (AvgIpc) is 2.85. The van der Waals surface area contributed by atoms with Crippen LogP contribution in [-0.2, 0) is 6.18 Å². The molecule has 0 aliphatic carbocycles. The monoisotopic (exact) mass is 322 g/mol. The molecule has 0 bridgehead atoms. The number of oxazole rings is 1. The zero-order chi connectivity index (χ0) is 16.6. The zero-order valence-electron chi connectivity index (χ0n) is 11.4. The fourth-order valence-electron chi connectivity index (χ4n) is 2.03. The first-order valence-electron chi connectivity index (χ1n) is 6.44. The number of alkyl halides is 3. The standard InChI is InChI=1S/C15H9F3N2O3/c16-15(17,18)9-2-4-10(5-3-9)19-13(21)8-1-6-11-12(7-8)23-14(22)20-11/h1-7H,(H,19,21)(H,20,22). The van der Waals surface area contributed by atoms with Crippen LogP contribution in [0.15, 0.2) is 51.7 Å². The lowest BCUT2D eigenvalue weighted by Gasteiger charge is -2.08. The van der Waals surface area contributed by atoms with E-state index in [0.717, 1.165) is 24.3 Å². The second-order valence-corrected chi connectivity index (χ2v) is 4.75. The van der Waals surface area contributed by atoms with E-state index in [1.54, 1.807) is 0 Å². The van der Waals surface area contributed by atoms with E-state index in [2.05, 4.69) is 10.3 Å². The summed E-state index contributed by atoms with van der Waals surface area (Å²) in [6.45, 7) is 0. The maximum Gasteiger partial charge on any atom is 0.417 e. The Morgan fingerprint density at radius 2 is 1.78 bits per heavy atom. The lowest BCUT2D eigenvalue weighted by molar-refractivity contribution is -0.137. The molecule has 0 aliphatic heterocycles. The Morgan fingerprint density at radius 3 is 2.43 bits per heavy atom. The smallest absolute Gasteiger partial charge is 0.408 e. The maximum absolute atomic E-state index is 12.5. The molecule has 0 unspecified atom stereocenters. The van der Waals surface area contributed by atoms with E-state index < -0.39 is 23.4 Å². The molecule has 0 radical (unpaired) electrons. The lowest BCUT2D eigenvalue weighted by atomic mass is 10.1. The topological polar surface area (TPSA) is 75.1 Å². The number of rotatable bonds is 2. The van der Waals surface area contributed by atoms with Crippen LogP contribution in [0.1, 0.15) is 15.9 Å². The summed E-state index contributed by atoms with van der Waals surface area (Å²) in [7, 11) is 0. The highest BCUT2D eigenvalue weighted by Gasteiger charge is 2.30. The minimum Gasteiger partial charge on any atom is -0.408 e. The van der Waals surface area contributed by atoms with Gasteiger partial charge in [-0.05, 0) is 42.5 Å². The third-order valence-corrected chi connectivity index (χ3v) is 3.15. The molecule has 3 aromatic rings. The molecule has 0 aliphatic rings. The van der Waals surface area contributed by atoms with Crippen LogP contribution in [0.25, 0.3) is 11.1 Å². The van der Waals surface area contributed by atoms with E-state index in [-0.39, 0.29) is 16.8 Å². The Balaban J connectivity index is 1.81. The summed E-state index contributed by atoms with van der Waals surface area (Å²) in [4.78, 5) is 25.6. The van der Waals surface area contributed by atoms with Crippen molar-refractivity contribution in [1.82, 2.24) is 4.98 Å². The van der Waals surface area contributed by atoms with Crippen LogP contribution in [0.5, 0.6) is 0 Å². The summed E-state index contributed by atoms with van der Waals surface area (Å²) in [5.41, 5.74) is 0.293. The Kier molecular flexibility index (Phi) is 3.44. The van der Waals surface area contributed by atoms with Crippen molar-refractivity contribution in [2.75, 3.05) is 5.32 Å². The number of carbonyl (C=O) groups excluding carboxylic acids is 1. The molecule has 0 saturated heterocycles. The number of H-pyrrole nitrogens is 1. The summed E-state index contributed by atoms with van der Waals surface area (Å²) < 4.78 is 42.3. The van der Waals surface area contributed by atoms with Crippen molar-refractivity contribution in [3.8, 4) is 0 Å². The molecule has 2 aromatic carbocycles. The molecule has 1 heterocycles. The Labute approximate surface area is 126 Å². The number of benzene rings is 2. The van der Waals surface area contributed by atoms with Crippen LogP contribution < -0.4 is 11.1 Å². The van der Waals surface area contributed by atoms with Gasteiger partial charge in [0.05, 0.1) is 11.1 Å². The van der Waals surface area contributed by atoms with Crippen molar-refractivity contribution in [3.05, 3.63) is 64.1 Å². The highest BCUT2D eigenvalue weighted by molar-refractivity contribution is 6.05. The molecule has 23 heavy (non-hydrogen) atoms.